The van der Waals surface area contributed by atoms with Crippen molar-refractivity contribution in [1.29, 1.82) is 0 Å². The van der Waals surface area contributed by atoms with Crippen LogP contribution in [0.3, 0.4) is 0 Å². The van der Waals surface area contributed by atoms with E-state index in [-0.39, 0.29) is 0 Å². The van der Waals surface area contributed by atoms with Gasteiger partial charge in [-0.1, -0.05) is 6.07 Å². The average Bonchev–Trinajstić information content (AvgIpc) is 2.73. The second-order valence-corrected chi connectivity index (χ2v) is 4.94. The van der Waals surface area contributed by atoms with Crippen molar-refractivity contribution in [2.24, 2.45) is 0 Å². The predicted octanol–water partition coefficient (Wildman–Crippen LogP) is 2.95. The quantitative estimate of drug-likeness (QED) is 0.792. The van der Waals surface area contributed by atoms with Gasteiger partial charge in [0.1, 0.15) is 0 Å². The van der Waals surface area contributed by atoms with Crippen molar-refractivity contribution >= 4 is 28.7 Å². The molecule has 94 valence electrons. The molecule has 4 nitrogen and oxygen atoms in total. The highest BCUT2D eigenvalue weighted by Crippen LogP contribution is 2.23. The Kier molecular flexibility index (Phi) is 3.53. The molecule has 0 amide bonds. The summed E-state index contributed by atoms with van der Waals surface area (Å²) < 4.78 is 0. The molecule has 0 fully saturated rings. The Hall–Kier alpha value is -2.01. The van der Waals surface area contributed by atoms with Gasteiger partial charge in [0.05, 0.1) is 12.1 Å². The van der Waals surface area contributed by atoms with E-state index in [9.17, 15) is 4.79 Å². The third-order valence-corrected chi connectivity index (χ3v) is 3.72. The van der Waals surface area contributed by atoms with Crippen LogP contribution in [0, 0.1) is 6.92 Å². The van der Waals surface area contributed by atoms with Gasteiger partial charge in [-0.25, -0.2) is 4.79 Å². The van der Waals surface area contributed by atoms with Crippen LogP contribution < -0.4 is 11.1 Å². The Labute approximate surface area is 109 Å². The predicted molar refractivity (Wildman–Crippen MR) is 74.2 cm³/mol. The third kappa shape index (κ3) is 2.46. The largest absolute Gasteiger partial charge is 0.478 e. The zero-order valence-corrected chi connectivity index (χ0v) is 10.8. The second-order valence-electron chi connectivity index (χ2n) is 3.94. The summed E-state index contributed by atoms with van der Waals surface area (Å²) in [5, 5.41) is 14.2. The first-order valence-corrected chi connectivity index (χ1v) is 6.36. The van der Waals surface area contributed by atoms with Gasteiger partial charge in [0.15, 0.2) is 0 Å². The first kappa shape index (κ1) is 12.4. The summed E-state index contributed by atoms with van der Waals surface area (Å²) >= 11 is 1.58. The molecule has 0 aliphatic heterocycles. The Morgan fingerprint density at radius 1 is 1.44 bits per heavy atom. The summed E-state index contributed by atoms with van der Waals surface area (Å²) in [6.45, 7) is 2.40. The fourth-order valence-corrected chi connectivity index (χ4v) is 2.47. The molecular formula is C13H14N2O2S. The molecule has 0 saturated heterocycles. The number of rotatable bonds is 4. The standard InChI is InChI=1S/C13H14N2O2S/c1-8-9(13(16)17)3-2-4-11(8)15-7-12-10(14)5-6-18-12/h2-6,15H,7,14H2,1H3,(H,16,17). The van der Waals surface area contributed by atoms with Gasteiger partial charge < -0.3 is 16.2 Å². The van der Waals surface area contributed by atoms with Crippen LogP contribution in [0.2, 0.25) is 0 Å². The average molecular weight is 262 g/mol. The van der Waals surface area contributed by atoms with Crippen molar-refractivity contribution in [3.63, 3.8) is 0 Å². The number of carboxylic acids is 1. The van der Waals surface area contributed by atoms with Crippen molar-refractivity contribution in [1.82, 2.24) is 0 Å². The Balaban J connectivity index is 2.17. The summed E-state index contributed by atoms with van der Waals surface area (Å²) in [4.78, 5) is 12.1. The molecule has 2 aromatic rings. The molecule has 0 atom stereocenters. The molecule has 0 aliphatic carbocycles. The first-order valence-electron chi connectivity index (χ1n) is 5.48. The highest BCUT2D eigenvalue weighted by Gasteiger charge is 2.10. The van der Waals surface area contributed by atoms with Gasteiger partial charge in [-0.2, -0.15) is 0 Å². The number of hydrogen-bond acceptors (Lipinski definition) is 4. The van der Waals surface area contributed by atoms with Crippen molar-refractivity contribution in [2.75, 3.05) is 11.1 Å². The van der Waals surface area contributed by atoms with E-state index in [1.807, 2.05) is 17.5 Å². The monoisotopic (exact) mass is 262 g/mol. The maximum atomic E-state index is 11.0. The van der Waals surface area contributed by atoms with Crippen LogP contribution in [0.15, 0.2) is 29.6 Å². The number of hydrogen-bond donors (Lipinski definition) is 3. The molecule has 0 bridgehead atoms. The number of carbonyl (C=O) groups is 1. The minimum absolute atomic E-state index is 0.319. The normalized spacial score (nSPS) is 10.3. The number of nitrogens with two attached hydrogens (primary N) is 1. The van der Waals surface area contributed by atoms with E-state index in [0.717, 1.165) is 21.8 Å². The van der Waals surface area contributed by atoms with Crippen LogP contribution in [0.25, 0.3) is 0 Å². The van der Waals surface area contributed by atoms with E-state index in [4.69, 9.17) is 10.8 Å². The van der Waals surface area contributed by atoms with Gasteiger partial charge >= 0.3 is 5.97 Å². The van der Waals surface area contributed by atoms with E-state index < -0.39 is 5.97 Å². The molecule has 0 unspecified atom stereocenters. The highest BCUT2D eigenvalue weighted by atomic mass is 32.1. The van der Waals surface area contributed by atoms with Crippen LogP contribution in [0.5, 0.6) is 0 Å². The maximum Gasteiger partial charge on any atom is 0.336 e. The molecule has 18 heavy (non-hydrogen) atoms. The van der Waals surface area contributed by atoms with Crippen molar-refractivity contribution in [2.45, 2.75) is 13.5 Å². The molecule has 0 saturated carbocycles. The molecule has 0 radical (unpaired) electrons. The van der Waals surface area contributed by atoms with Crippen molar-refractivity contribution in [3.8, 4) is 0 Å². The molecule has 5 heteroatoms. The zero-order valence-electron chi connectivity index (χ0n) is 9.93. The van der Waals surface area contributed by atoms with E-state index >= 15 is 0 Å². The van der Waals surface area contributed by atoms with E-state index in [0.29, 0.717) is 12.1 Å². The maximum absolute atomic E-state index is 11.0. The molecule has 1 aromatic heterocycles. The van der Waals surface area contributed by atoms with Gasteiger partial charge in [-0.3, -0.25) is 0 Å². The molecule has 2 rings (SSSR count). The Bertz CT molecular complexity index is 578. The minimum Gasteiger partial charge on any atom is -0.478 e. The van der Waals surface area contributed by atoms with Gasteiger partial charge in [-0.05, 0) is 36.1 Å². The minimum atomic E-state index is -0.910. The molecule has 1 aromatic carbocycles. The van der Waals surface area contributed by atoms with Crippen LogP contribution in [-0.4, -0.2) is 11.1 Å². The van der Waals surface area contributed by atoms with Crippen LogP contribution in [0.1, 0.15) is 20.8 Å². The third-order valence-electron chi connectivity index (χ3n) is 2.78. The van der Waals surface area contributed by atoms with Gasteiger partial charge in [-0.15, -0.1) is 11.3 Å². The number of nitrogens with one attached hydrogen (secondary N) is 1. The van der Waals surface area contributed by atoms with E-state index in [2.05, 4.69) is 5.32 Å². The SMILES string of the molecule is Cc1c(NCc2sccc2N)cccc1C(=O)O. The smallest absolute Gasteiger partial charge is 0.336 e. The van der Waals surface area contributed by atoms with E-state index in [1.54, 1.807) is 30.4 Å². The van der Waals surface area contributed by atoms with Crippen molar-refractivity contribution in [3.05, 3.63) is 45.6 Å². The molecular weight excluding hydrogens is 248 g/mol. The van der Waals surface area contributed by atoms with Gasteiger partial charge in [0.2, 0.25) is 0 Å². The Morgan fingerprint density at radius 3 is 2.83 bits per heavy atom. The molecule has 4 N–H and O–H groups in total. The van der Waals surface area contributed by atoms with Gasteiger partial charge in [0, 0.05) is 16.3 Å². The number of benzene rings is 1. The first-order chi connectivity index (χ1) is 8.59. The summed E-state index contributed by atoms with van der Waals surface area (Å²) in [5.74, 6) is -0.910. The van der Waals surface area contributed by atoms with Crippen LogP contribution in [0.4, 0.5) is 11.4 Å². The second kappa shape index (κ2) is 5.10. The lowest BCUT2D eigenvalue weighted by Crippen LogP contribution is -2.05. The molecule has 0 aliphatic rings. The van der Waals surface area contributed by atoms with Crippen LogP contribution in [-0.2, 0) is 6.54 Å². The summed E-state index contributed by atoms with van der Waals surface area (Å²) in [5.41, 5.74) is 8.44. The molecule has 1 heterocycles. The van der Waals surface area contributed by atoms with Crippen LogP contribution >= 0.6 is 11.3 Å². The van der Waals surface area contributed by atoms with Gasteiger partial charge in [0.25, 0.3) is 0 Å². The zero-order chi connectivity index (χ0) is 13.1. The topological polar surface area (TPSA) is 75.3 Å². The lowest BCUT2D eigenvalue weighted by atomic mass is 10.1. The fourth-order valence-electron chi connectivity index (χ4n) is 1.73. The Morgan fingerprint density at radius 2 is 2.22 bits per heavy atom. The number of nitrogen functional groups attached to an aromatic ring is 1. The summed E-state index contributed by atoms with van der Waals surface area (Å²) in [6.07, 6.45) is 0. The summed E-state index contributed by atoms with van der Waals surface area (Å²) in [6, 6.07) is 7.06. The summed E-state index contributed by atoms with van der Waals surface area (Å²) in [7, 11) is 0. The lowest BCUT2D eigenvalue weighted by molar-refractivity contribution is 0.0696. The van der Waals surface area contributed by atoms with E-state index in [1.165, 1.54) is 0 Å². The number of aromatic carboxylic acids is 1. The number of carboxylic acid groups (broad SMARTS) is 1. The fraction of sp³-hybridized carbons (Fsp3) is 0.154. The number of thiophene rings is 1. The van der Waals surface area contributed by atoms with Crippen molar-refractivity contribution < 1.29 is 9.90 Å². The molecule has 0 spiro atoms. The highest BCUT2D eigenvalue weighted by molar-refractivity contribution is 7.10. The lowest BCUT2D eigenvalue weighted by Gasteiger charge is -2.11. The number of anilines is 2.